The molecule has 0 saturated carbocycles. The molecule has 3 aromatic rings. The van der Waals surface area contributed by atoms with Gasteiger partial charge in [-0.15, -0.1) is 0 Å². The van der Waals surface area contributed by atoms with Crippen LogP contribution in [0.15, 0.2) is 41.2 Å². The van der Waals surface area contributed by atoms with Crippen LogP contribution in [0, 0.1) is 11.6 Å². The van der Waals surface area contributed by atoms with E-state index in [2.05, 4.69) is 4.98 Å². The fraction of sp³-hybridized carbons (Fsp3) is 0. The van der Waals surface area contributed by atoms with Crippen molar-refractivity contribution in [2.24, 2.45) is 0 Å². The summed E-state index contributed by atoms with van der Waals surface area (Å²) in [6.07, 6.45) is 0. The highest BCUT2D eigenvalue weighted by atomic mass is 19.2. The van der Waals surface area contributed by atoms with E-state index in [0.717, 1.165) is 12.1 Å². The molecule has 2 nitrogen and oxygen atoms in total. The minimum Gasteiger partial charge on any atom is -0.354 e. The summed E-state index contributed by atoms with van der Waals surface area (Å²) in [5.74, 6) is -1.98. The fourth-order valence-corrected chi connectivity index (χ4v) is 1.92. The van der Waals surface area contributed by atoms with E-state index in [0.29, 0.717) is 16.4 Å². The number of halogens is 2. The van der Waals surface area contributed by atoms with Crippen molar-refractivity contribution in [1.29, 1.82) is 0 Å². The summed E-state index contributed by atoms with van der Waals surface area (Å²) in [6, 6.07) is 8.79. The minimum absolute atomic E-state index is 0.155. The van der Waals surface area contributed by atoms with Gasteiger partial charge in [0.05, 0.1) is 5.52 Å². The molecule has 0 bridgehead atoms. The Morgan fingerprint density at radius 3 is 2.41 bits per heavy atom. The van der Waals surface area contributed by atoms with E-state index in [1.807, 2.05) is 0 Å². The summed E-state index contributed by atoms with van der Waals surface area (Å²) in [5, 5.41) is 0.619. The van der Waals surface area contributed by atoms with Gasteiger partial charge in [-0.05, 0) is 18.2 Å². The molecule has 0 unspecified atom stereocenters. The van der Waals surface area contributed by atoms with Gasteiger partial charge in [-0.25, -0.2) is 8.78 Å². The molecule has 1 N–H and O–H groups in total. The molecule has 1 aromatic heterocycles. The summed E-state index contributed by atoms with van der Waals surface area (Å²) < 4.78 is 26.2. The van der Waals surface area contributed by atoms with E-state index in [4.69, 9.17) is 0 Å². The first kappa shape index (κ1) is 9.96. The maximum absolute atomic E-state index is 13.1. The summed E-state index contributed by atoms with van der Waals surface area (Å²) in [6.45, 7) is 0. The Balaban J connectivity index is 2.60. The highest BCUT2D eigenvalue weighted by Crippen LogP contribution is 2.17. The zero-order valence-electron chi connectivity index (χ0n) is 8.63. The van der Waals surface area contributed by atoms with E-state index in [-0.39, 0.29) is 10.8 Å². The third kappa shape index (κ3) is 1.41. The van der Waals surface area contributed by atoms with Crippen LogP contribution in [0.4, 0.5) is 8.78 Å². The van der Waals surface area contributed by atoms with Gasteiger partial charge in [-0.1, -0.05) is 12.1 Å². The molecule has 0 fully saturated rings. The van der Waals surface area contributed by atoms with Crippen molar-refractivity contribution in [2.45, 2.75) is 0 Å². The Kier molecular flexibility index (Phi) is 1.98. The van der Waals surface area contributed by atoms with Crippen molar-refractivity contribution in [2.75, 3.05) is 0 Å². The number of pyridine rings is 1. The number of benzene rings is 2. The molecular formula is C13H7F2NO. The number of aromatic amines is 1. The summed E-state index contributed by atoms with van der Waals surface area (Å²) in [4.78, 5) is 15.0. The van der Waals surface area contributed by atoms with E-state index >= 15 is 0 Å². The number of hydrogen-bond donors (Lipinski definition) is 1. The smallest absolute Gasteiger partial charge is 0.197 e. The predicted octanol–water partition coefficient (Wildman–Crippen LogP) is 2.96. The molecule has 0 atom stereocenters. The summed E-state index contributed by atoms with van der Waals surface area (Å²) in [5.41, 5.74) is 0.608. The Hall–Kier alpha value is -2.23. The van der Waals surface area contributed by atoms with Crippen LogP contribution in [-0.2, 0) is 0 Å². The van der Waals surface area contributed by atoms with Gasteiger partial charge in [0.25, 0.3) is 0 Å². The molecule has 17 heavy (non-hydrogen) atoms. The fourth-order valence-electron chi connectivity index (χ4n) is 1.92. The van der Waals surface area contributed by atoms with Gasteiger partial charge in [-0.3, -0.25) is 4.79 Å². The van der Waals surface area contributed by atoms with Crippen LogP contribution in [0.5, 0.6) is 0 Å². The first-order valence-corrected chi connectivity index (χ1v) is 5.06. The zero-order valence-corrected chi connectivity index (χ0v) is 8.63. The van der Waals surface area contributed by atoms with Gasteiger partial charge in [-0.2, -0.15) is 0 Å². The SMILES string of the molecule is O=c1c2ccccc2[nH]c2cc(F)c(F)cc12. The third-order valence-corrected chi connectivity index (χ3v) is 2.75. The van der Waals surface area contributed by atoms with Crippen LogP contribution >= 0.6 is 0 Å². The zero-order chi connectivity index (χ0) is 12.0. The number of aromatic nitrogens is 1. The van der Waals surface area contributed by atoms with E-state index in [1.54, 1.807) is 24.3 Å². The molecule has 0 amide bonds. The van der Waals surface area contributed by atoms with Crippen LogP contribution < -0.4 is 5.43 Å². The molecule has 1 heterocycles. The second-order valence-corrected chi connectivity index (χ2v) is 3.81. The van der Waals surface area contributed by atoms with Gasteiger partial charge in [0.15, 0.2) is 17.1 Å². The lowest BCUT2D eigenvalue weighted by molar-refractivity contribution is 0.510. The molecule has 0 aliphatic heterocycles. The van der Waals surface area contributed by atoms with Crippen LogP contribution in [0.3, 0.4) is 0 Å². The number of rotatable bonds is 0. The van der Waals surface area contributed by atoms with Crippen LogP contribution in [0.1, 0.15) is 0 Å². The number of para-hydroxylation sites is 1. The second-order valence-electron chi connectivity index (χ2n) is 3.81. The first-order valence-electron chi connectivity index (χ1n) is 5.06. The highest BCUT2D eigenvalue weighted by molar-refractivity contribution is 5.92. The second kappa shape index (κ2) is 3.38. The Morgan fingerprint density at radius 2 is 1.59 bits per heavy atom. The summed E-state index contributed by atoms with van der Waals surface area (Å²) >= 11 is 0. The topological polar surface area (TPSA) is 32.9 Å². The lowest BCUT2D eigenvalue weighted by atomic mass is 10.1. The first-order chi connectivity index (χ1) is 8.16. The molecule has 84 valence electrons. The standard InChI is InChI=1S/C13H7F2NO/c14-9-5-8-12(6-10(9)15)16-11-4-2-1-3-7(11)13(8)17/h1-6H,(H,16,17). The number of fused-ring (bicyclic) bond motifs is 2. The monoisotopic (exact) mass is 231 g/mol. The molecule has 0 spiro atoms. The van der Waals surface area contributed by atoms with Gasteiger partial charge >= 0.3 is 0 Å². The highest BCUT2D eigenvalue weighted by Gasteiger charge is 2.09. The van der Waals surface area contributed by atoms with Crippen LogP contribution in [-0.4, -0.2) is 4.98 Å². The lowest BCUT2D eigenvalue weighted by Crippen LogP contribution is -2.05. The van der Waals surface area contributed by atoms with Gasteiger partial charge in [0.1, 0.15) is 0 Å². The minimum atomic E-state index is -1.02. The normalized spacial score (nSPS) is 11.2. The maximum atomic E-state index is 13.1. The van der Waals surface area contributed by atoms with Crippen molar-refractivity contribution in [1.82, 2.24) is 4.98 Å². The Morgan fingerprint density at radius 1 is 0.882 bits per heavy atom. The van der Waals surface area contributed by atoms with Crippen molar-refractivity contribution < 1.29 is 8.78 Å². The molecule has 0 aliphatic rings. The van der Waals surface area contributed by atoms with Crippen LogP contribution in [0.25, 0.3) is 21.8 Å². The lowest BCUT2D eigenvalue weighted by Gasteiger charge is -2.02. The number of hydrogen-bond acceptors (Lipinski definition) is 1. The Bertz CT molecular complexity index is 792. The average Bonchev–Trinajstić information content (AvgIpc) is 2.32. The number of H-pyrrole nitrogens is 1. The van der Waals surface area contributed by atoms with E-state index in [1.165, 1.54) is 0 Å². The van der Waals surface area contributed by atoms with Crippen molar-refractivity contribution in [3.63, 3.8) is 0 Å². The quantitative estimate of drug-likeness (QED) is 0.593. The van der Waals surface area contributed by atoms with Gasteiger partial charge in [0, 0.05) is 22.4 Å². The largest absolute Gasteiger partial charge is 0.354 e. The molecule has 0 saturated heterocycles. The van der Waals surface area contributed by atoms with Crippen molar-refractivity contribution in [3.8, 4) is 0 Å². The third-order valence-electron chi connectivity index (χ3n) is 2.75. The molecular weight excluding hydrogens is 224 g/mol. The maximum Gasteiger partial charge on any atom is 0.197 e. The van der Waals surface area contributed by atoms with Crippen molar-refractivity contribution in [3.05, 3.63) is 58.3 Å². The van der Waals surface area contributed by atoms with Crippen LogP contribution in [0.2, 0.25) is 0 Å². The molecule has 3 rings (SSSR count). The molecule has 0 radical (unpaired) electrons. The van der Waals surface area contributed by atoms with E-state index < -0.39 is 11.6 Å². The summed E-state index contributed by atoms with van der Waals surface area (Å²) in [7, 11) is 0. The number of nitrogens with one attached hydrogen (secondary N) is 1. The van der Waals surface area contributed by atoms with Gasteiger partial charge in [0.2, 0.25) is 0 Å². The molecule has 0 aliphatic carbocycles. The molecule has 4 heteroatoms. The predicted molar refractivity (Wildman–Crippen MR) is 62.0 cm³/mol. The van der Waals surface area contributed by atoms with Crippen molar-refractivity contribution >= 4 is 21.8 Å². The molecule has 2 aromatic carbocycles. The average molecular weight is 231 g/mol. The van der Waals surface area contributed by atoms with Gasteiger partial charge < -0.3 is 4.98 Å². The van der Waals surface area contributed by atoms with E-state index in [9.17, 15) is 13.6 Å². The Labute approximate surface area is 94.5 Å².